The minimum Gasteiger partial charge on any atom is -0.310 e. The van der Waals surface area contributed by atoms with Gasteiger partial charge in [-0.05, 0) is 91.0 Å². The summed E-state index contributed by atoms with van der Waals surface area (Å²) < 4.78 is 0. The van der Waals surface area contributed by atoms with Crippen molar-refractivity contribution in [3.63, 3.8) is 0 Å². The maximum atomic E-state index is 2.47. The van der Waals surface area contributed by atoms with E-state index in [0.717, 1.165) is 17.1 Å². The predicted octanol–water partition coefficient (Wildman–Crippen LogP) is 13.5. The van der Waals surface area contributed by atoms with Crippen LogP contribution in [0, 0.1) is 0 Å². The summed E-state index contributed by atoms with van der Waals surface area (Å²) in [4.78, 5) is 2.47. The Bertz CT molecular complexity index is 2670. The number of benzene rings is 9. The van der Waals surface area contributed by atoms with Crippen molar-refractivity contribution in [2.75, 3.05) is 4.90 Å². The second-order valence-electron chi connectivity index (χ2n) is 13.7. The molecule has 10 rings (SSSR count). The third-order valence-electron chi connectivity index (χ3n) is 10.9. The van der Waals surface area contributed by atoms with Crippen LogP contribution in [0.2, 0.25) is 0 Å². The van der Waals surface area contributed by atoms with Crippen molar-refractivity contribution in [3.05, 3.63) is 235 Å². The van der Waals surface area contributed by atoms with Gasteiger partial charge in [-0.25, -0.2) is 0 Å². The quantitative estimate of drug-likeness (QED) is 0.160. The lowest BCUT2D eigenvalue weighted by Gasteiger charge is -2.35. The molecule has 1 nitrogen and oxygen atoms in total. The van der Waals surface area contributed by atoms with Gasteiger partial charge >= 0.3 is 0 Å². The maximum absolute atomic E-state index is 2.47. The normalized spacial score (nSPS) is 12.8. The van der Waals surface area contributed by atoms with Crippen LogP contribution < -0.4 is 4.90 Å². The molecular formula is C51H35N. The Kier molecular flexibility index (Phi) is 7.11. The van der Waals surface area contributed by atoms with Gasteiger partial charge in [0.25, 0.3) is 0 Å². The zero-order valence-corrected chi connectivity index (χ0v) is 28.7. The topological polar surface area (TPSA) is 3.24 Å². The fraction of sp³-hybridized carbons (Fsp3) is 0.0196. The van der Waals surface area contributed by atoms with E-state index < -0.39 is 5.41 Å². The Morgan fingerprint density at radius 1 is 0.346 bits per heavy atom. The van der Waals surface area contributed by atoms with Crippen LogP contribution in [0.1, 0.15) is 22.3 Å². The van der Waals surface area contributed by atoms with Crippen LogP contribution in [0.3, 0.4) is 0 Å². The van der Waals surface area contributed by atoms with Gasteiger partial charge in [-0.1, -0.05) is 182 Å². The van der Waals surface area contributed by atoms with Crippen molar-refractivity contribution in [1.82, 2.24) is 0 Å². The van der Waals surface area contributed by atoms with Gasteiger partial charge in [-0.15, -0.1) is 0 Å². The molecule has 52 heavy (non-hydrogen) atoms. The number of anilines is 3. The van der Waals surface area contributed by atoms with Crippen LogP contribution >= 0.6 is 0 Å². The van der Waals surface area contributed by atoms with Crippen LogP contribution in [0.25, 0.3) is 43.8 Å². The molecule has 0 heterocycles. The molecule has 0 fully saturated rings. The number of fused-ring (bicyclic) bond motifs is 6. The number of hydrogen-bond acceptors (Lipinski definition) is 1. The summed E-state index contributed by atoms with van der Waals surface area (Å²) in [5.41, 5.74) is 13.0. The highest BCUT2D eigenvalue weighted by atomic mass is 15.1. The minimum absolute atomic E-state index is 0.487. The van der Waals surface area contributed by atoms with Gasteiger partial charge in [0.2, 0.25) is 0 Å². The predicted molar refractivity (Wildman–Crippen MR) is 219 cm³/mol. The molecule has 0 unspecified atom stereocenters. The van der Waals surface area contributed by atoms with Crippen molar-refractivity contribution < 1.29 is 0 Å². The Labute approximate surface area is 304 Å². The van der Waals surface area contributed by atoms with E-state index in [1.807, 2.05) is 0 Å². The minimum atomic E-state index is -0.487. The van der Waals surface area contributed by atoms with Gasteiger partial charge in [0.1, 0.15) is 0 Å². The Hall–Kier alpha value is -6.70. The van der Waals surface area contributed by atoms with Crippen molar-refractivity contribution in [3.8, 4) is 22.3 Å². The molecular weight excluding hydrogens is 627 g/mol. The van der Waals surface area contributed by atoms with Gasteiger partial charge in [0.05, 0.1) is 11.1 Å². The molecule has 1 aliphatic carbocycles. The zero-order chi connectivity index (χ0) is 34.5. The van der Waals surface area contributed by atoms with E-state index >= 15 is 0 Å². The smallest absolute Gasteiger partial charge is 0.0714 e. The fourth-order valence-corrected chi connectivity index (χ4v) is 8.66. The highest BCUT2D eigenvalue weighted by Gasteiger charge is 2.46. The molecule has 1 heteroatoms. The van der Waals surface area contributed by atoms with Crippen LogP contribution in [0.4, 0.5) is 17.1 Å². The second kappa shape index (κ2) is 12.3. The molecule has 0 bridgehead atoms. The average Bonchev–Trinajstić information content (AvgIpc) is 3.52. The van der Waals surface area contributed by atoms with Crippen molar-refractivity contribution in [1.29, 1.82) is 0 Å². The molecule has 0 atom stereocenters. The summed E-state index contributed by atoms with van der Waals surface area (Å²) in [7, 11) is 0. The summed E-state index contributed by atoms with van der Waals surface area (Å²) in [5, 5.41) is 4.95. The third-order valence-corrected chi connectivity index (χ3v) is 10.9. The molecule has 0 saturated heterocycles. The van der Waals surface area contributed by atoms with Gasteiger partial charge in [-0.3, -0.25) is 0 Å². The molecule has 0 saturated carbocycles. The highest BCUT2D eigenvalue weighted by molar-refractivity contribution is 6.15. The molecule has 0 amide bonds. The third kappa shape index (κ3) is 4.63. The standard InChI is InChI=1S/C51H35N/c1-4-15-36(16-5-1)37-29-31-42(32-30-37)52(49-26-14-18-39-28-27-38-17-10-11-23-44(38)50(39)49)43-33-34-46-45-24-12-13-25-47(45)51(48(46)35-43,40-19-6-2-7-20-40)41-21-8-3-9-22-41/h1-35H. The Balaban J connectivity index is 1.27. The lowest BCUT2D eigenvalue weighted by Crippen LogP contribution is -2.28. The summed E-state index contributed by atoms with van der Waals surface area (Å²) in [6.45, 7) is 0. The van der Waals surface area contributed by atoms with Crippen molar-refractivity contribution in [2.24, 2.45) is 0 Å². The number of rotatable bonds is 6. The molecule has 9 aromatic carbocycles. The Morgan fingerprint density at radius 2 is 0.904 bits per heavy atom. The van der Waals surface area contributed by atoms with E-state index in [9.17, 15) is 0 Å². The second-order valence-corrected chi connectivity index (χ2v) is 13.7. The van der Waals surface area contributed by atoms with Gasteiger partial charge < -0.3 is 4.90 Å². The molecule has 0 N–H and O–H groups in total. The largest absolute Gasteiger partial charge is 0.310 e. The van der Waals surface area contributed by atoms with E-state index in [0.29, 0.717) is 0 Å². The molecule has 244 valence electrons. The van der Waals surface area contributed by atoms with E-state index in [4.69, 9.17) is 0 Å². The van der Waals surface area contributed by atoms with Crippen LogP contribution in [0.5, 0.6) is 0 Å². The Morgan fingerprint density at radius 3 is 1.65 bits per heavy atom. The first kappa shape index (κ1) is 30.2. The fourth-order valence-electron chi connectivity index (χ4n) is 8.66. The highest BCUT2D eigenvalue weighted by Crippen LogP contribution is 2.57. The molecule has 1 aliphatic rings. The molecule has 0 aromatic heterocycles. The van der Waals surface area contributed by atoms with Crippen LogP contribution in [-0.2, 0) is 5.41 Å². The van der Waals surface area contributed by atoms with Crippen LogP contribution in [0.15, 0.2) is 212 Å². The first-order chi connectivity index (χ1) is 25.8. The molecule has 0 spiro atoms. The van der Waals surface area contributed by atoms with Crippen molar-refractivity contribution >= 4 is 38.6 Å². The first-order valence-corrected chi connectivity index (χ1v) is 18.0. The number of nitrogens with zero attached hydrogens (tertiary/aromatic N) is 1. The monoisotopic (exact) mass is 661 g/mol. The summed E-state index contributed by atoms with van der Waals surface area (Å²) in [5.74, 6) is 0. The SMILES string of the molecule is c1ccc(-c2ccc(N(c3ccc4c(c3)C(c3ccccc3)(c3ccccc3)c3ccccc3-4)c3cccc4ccc5ccccc5c34)cc2)cc1. The molecule has 0 aliphatic heterocycles. The van der Waals surface area contributed by atoms with Gasteiger partial charge in [0, 0.05) is 16.8 Å². The lowest BCUT2D eigenvalue weighted by atomic mass is 9.67. The average molecular weight is 662 g/mol. The van der Waals surface area contributed by atoms with E-state index in [1.165, 1.54) is 66.1 Å². The first-order valence-electron chi connectivity index (χ1n) is 18.0. The summed E-state index contributed by atoms with van der Waals surface area (Å²) in [6.07, 6.45) is 0. The van der Waals surface area contributed by atoms with E-state index in [2.05, 4.69) is 217 Å². The van der Waals surface area contributed by atoms with Crippen molar-refractivity contribution in [2.45, 2.75) is 5.41 Å². The lowest BCUT2D eigenvalue weighted by molar-refractivity contribution is 0.768. The van der Waals surface area contributed by atoms with E-state index in [-0.39, 0.29) is 0 Å². The molecule has 9 aromatic rings. The van der Waals surface area contributed by atoms with Gasteiger partial charge in [0.15, 0.2) is 0 Å². The zero-order valence-electron chi connectivity index (χ0n) is 28.7. The van der Waals surface area contributed by atoms with E-state index in [1.54, 1.807) is 0 Å². The summed E-state index contributed by atoms with van der Waals surface area (Å²) >= 11 is 0. The maximum Gasteiger partial charge on any atom is 0.0714 e. The number of hydrogen-bond donors (Lipinski definition) is 0. The summed E-state index contributed by atoms with van der Waals surface area (Å²) in [6, 6.07) is 77.8. The van der Waals surface area contributed by atoms with Crippen LogP contribution in [-0.4, -0.2) is 0 Å². The van der Waals surface area contributed by atoms with Gasteiger partial charge in [-0.2, -0.15) is 0 Å². The molecule has 0 radical (unpaired) electrons.